The molecule has 0 aromatic heterocycles. The summed E-state index contributed by atoms with van der Waals surface area (Å²) in [5.74, 6) is 1.68. The van der Waals surface area contributed by atoms with E-state index in [-0.39, 0.29) is 15.0 Å². The predicted molar refractivity (Wildman–Crippen MR) is 162 cm³/mol. The second kappa shape index (κ2) is 17.4. The van der Waals surface area contributed by atoms with Gasteiger partial charge in [0.05, 0.1) is 0 Å². The summed E-state index contributed by atoms with van der Waals surface area (Å²) in [5.41, 5.74) is 5.70. The molecule has 0 aliphatic heterocycles. The van der Waals surface area contributed by atoms with Gasteiger partial charge in [0.15, 0.2) is 0 Å². The molecule has 0 saturated heterocycles. The van der Waals surface area contributed by atoms with Crippen LogP contribution in [0.15, 0.2) is 55.1 Å². The molecule has 2 aromatic carbocycles. The number of benzene rings is 2. The molecule has 4 heteroatoms. The van der Waals surface area contributed by atoms with E-state index in [0.717, 1.165) is 28.4 Å². The van der Waals surface area contributed by atoms with Crippen LogP contribution in [0.4, 0.5) is 0 Å². The Balaban J connectivity index is 0.00000512. The van der Waals surface area contributed by atoms with Crippen LogP contribution in [-0.4, -0.2) is 25.7 Å². The highest BCUT2D eigenvalue weighted by molar-refractivity contribution is 8.13. The van der Waals surface area contributed by atoms with Gasteiger partial charge in [-0.3, -0.25) is 0 Å². The van der Waals surface area contributed by atoms with Gasteiger partial charge in [-0.05, 0) is 98.3 Å². The van der Waals surface area contributed by atoms with Crippen LogP contribution < -0.4 is 0 Å². The highest BCUT2D eigenvalue weighted by atomic mass is 32.0. The fraction of sp³-hybridized carbons (Fsp3) is 0.500. The maximum atomic E-state index is 3.86. The molecule has 6 atom stereocenters. The van der Waals surface area contributed by atoms with Gasteiger partial charge in [0.2, 0.25) is 0 Å². The SMILES string of the molecule is C.C=Cc1ccc(CCC(CPPC)CC(C)CCc2ccc(CCP(C)P)cc2)cc1. The topological polar surface area (TPSA) is 0 Å². The minimum absolute atomic E-state index is 0. The molecule has 2 rings (SSSR count). The zero-order chi connectivity index (χ0) is 22.5. The van der Waals surface area contributed by atoms with Crippen molar-refractivity contribution < 1.29 is 0 Å². The van der Waals surface area contributed by atoms with Crippen LogP contribution >= 0.6 is 33.1 Å². The molecule has 0 fully saturated rings. The molecule has 2 aromatic rings. The molecule has 0 aliphatic rings. The summed E-state index contributed by atoms with van der Waals surface area (Å²) in [7, 11) is 5.36. The Morgan fingerprint density at radius 2 is 1.47 bits per heavy atom. The highest BCUT2D eigenvalue weighted by Gasteiger charge is 2.14. The van der Waals surface area contributed by atoms with Crippen molar-refractivity contribution in [3.63, 3.8) is 0 Å². The molecule has 0 aliphatic carbocycles. The van der Waals surface area contributed by atoms with E-state index >= 15 is 0 Å². The largest absolute Gasteiger partial charge is 0.112 e. The number of hydrogen-bond acceptors (Lipinski definition) is 0. The molecule has 0 spiro atoms. The van der Waals surface area contributed by atoms with E-state index < -0.39 is 0 Å². The molecule has 0 nitrogen and oxygen atoms in total. The lowest BCUT2D eigenvalue weighted by molar-refractivity contribution is 0.382. The van der Waals surface area contributed by atoms with Gasteiger partial charge in [0.25, 0.3) is 0 Å². The molecule has 0 bridgehead atoms. The molecule has 0 saturated carbocycles. The molecule has 6 unspecified atom stereocenters. The van der Waals surface area contributed by atoms with Gasteiger partial charge in [-0.15, -0.1) is 17.2 Å². The van der Waals surface area contributed by atoms with Crippen molar-refractivity contribution in [3.05, 3.63) is 77.4 Å². The first-order valence-corrected chi connectivity index (χ1v) is 18.9. The van der Waals surface area contributed by atoms with Crippen molar-refractivity contribution in [2.45, 2.75) is 52.9 Å². The fourth-order valence-electron chi connectivity index (χ4n) is 4.02. The summed E-state index contributed by atoms with van der Waals surface area (Å²) in [6, 6.07) is 18.4. The molecule has 0 heterocycles. The molecular formula is C28H46P4. The quantitative estimate of drug-likeness (QED) is 0.211. The molecule has 0 amide bonds. The third-order valence-electron chi connectivity index (χ3n) is 6.06. The summed E-state index contributed by atoms with van der Waals surface area (Å²) in [6.07, 6.45) is 12.4. The van der Waals surface area contributed by atoms with E-state index in [1.54, 1.807) is 0 Å². The lowest BCUT2D eigenvalue weighted by Gasteiger charge is -2.21. The summed E-state index contributed by atoms with van der Waals surface area (Å²) < 4.78 is 0. The van der Waals surface area contributed by atoms with Crippen LogP contribution in [0, 0.1) is 11.8 Å². The monoisotopic (exact) mass is 506 g/mol. The molecular weight excluding hydrogens is 460 g/mol. The second-order valence-electron chi connectivity index (χ2n) is 8.91. The lowest BCUT2D eigenvalue weighted by atomic mass is 9.88. The van der Waals surface area contributed by atoms with Crippen molar-refractivity contribution in [1.29, 1.82) is 0 Å². The second-order valence-corrected chi connectivity index (χ2v) is 17.3. The zero-order valence-corrected chi connectivity index (χ0v) is 23.8. The van der Waals surface area contributed by atoms with Crippen molar-refractivity contribution in [2.75, 3.05) is 25.7 Å². The summed E-state index contributed by atoms with van der Waals surface area (Å²) in [5, 5.41) is 0. The Hall–Kier alpha value is -0.100. The molecule has 0 N–H and O–H groups in total. The molecule has 32 heavy (non-hydrogen) atoms. The van der Waals surface area contributed by atoms with Crippen LogP contribution in [-0.2, 0) is 19.3 Å². The Kier molecular flexibility index (Phi) is 16.2. The van der Waals surface area contributed by atoms with Crippen LogP contribution in [0.5, 0.6) is 0 Å². The normalized spacial score (nSPS) is 14.5. The smallest absolute Gasteiger partial charge is 0.0236 e. The number of hydrogen-bond donors (Lipinski definition) is 0. The summed E-state index contributed by atoms with van der Waals surface area (Å²) in [4.78, 5) is 0. The first-order chi connectivity index (χ1) is 15.0. The number of aryl methyl sites for hydroxylation is 3. The highest BCUT2D eigenvalue weighted by Crippen LogP contribution is 2.40. The lowest BCUT2D eigenvalue weighted by Crippen LogP contribution is -2.11. The fourth-order valence-corrected chi connectivity index (χ4v) is 7.36. The van der Waals surface area contributed by atoms with Gasteiger partial charge in [0, 0.05) is 0 Å². The maximum absolute atomic E-state index is 3.86. The minimum atomic E-state index is 0. The number of rotatable bonds is 15. The third kappa shape index (κ3) is 12.4. The first-order valence-electron chi connectivity index (χ1n) is 11.6. The van der Waals surface area contributed by atoms with Crippen molar-refractivity contribution in [1.82, 2.24) is 0 Å². The van der Waals surface area contributed by atoms with Crippen molar-refractivity contribution in [2.24, 2.45) is 11.8 Å². The van der Waals surface area contributed by atoms with E-state index in [2.05, 4.69) is 84.3 Å². The van der Waals surface area contributed by atoms with E-state index in [9.17, 15) is 0 Å². The average Bonchev–Trinajstić information content (AvgIpc) is 2.79. The third-order valence-corrected chi connectivity index (χ3v) is 10.6. The van der Waals surface area contributed by atoms with Crippen LogP contribution in [0.3, 0.4) is 0 Å². The standard InChI is InChI=1S/C27H42P4.CH4/c1-5-23-8-10-25(11-9-23)16-17-27(21-30-29-3)20-22(2)6-7-24-12-14-26(15-13-24)18-19-31(4)28;/h5,8-15,22,27,29-30H,1,6-7,16-21,28H2,2-4H3;1H4. The Morgan fingerprint density at radius 1 is 0.938 bits per heavy atom. The molecule has 178 valence electrons. The van der Waals surface area contributed by atoms with Crippen molar-refractivity contribution in [3.8, 4) is 0 Å². The predicted octanol–water partition coefficient (Wildman–Crippen LogP) is 9.52. The van der Waals surface area contributed by atoms with Gasteiger partial charge in [-0.2, -0.15) is 0 Å². The first kappa shape index (κ1) is 29.9. The Morgan fingerprint density at radius 3 is 2.00 bits per heavy atom. The van der Waals surface area contributed by atoms with Gasteiger partial charge >= 0.3 is 0 Å². The van der Waals surface area contributed by atoms with Gasteiger partial charge in [-0.25, -0.2) is 0 Å². The van der Waals surface area contributed by atoms with E-state index in [1.807, 2.05) is 6.08 Å². The zero-order valence-electron chi connectivity index (χ0n) is 19.7. The minimum Gasteiger partial charge on any atom is -0.112 e. The van der Waals surface area contributed by atoms with Gasteiger partial charge in [-0.1, -0.05) is 91.4 Å². The van der Waals surface area contributed by atoms with Gasteiger partial charge in [0.1, 0.15) is 0 Å². The molecule has 0 radical (unpaired) electrons. The van der Waals surface area contributed by atoms with Crippen LogP contribution in [0.25, 0.3) is 6.08 Å². The van der Waals surface area contributed by atoms with Crippen molar-refractivity contribution >= 4 is 39.2 Å². The van der Waals surface area contributed by atoms with Crippen LogP contribution in [0.2, 0.25) is 0 Å². The van der Waals surface area contributed by atoms with Gasteiger partial charge < -0.3 is 0 Å². The maximum Gasteiger partial charge on any atom is -0.0236 e. The Labute approximate surface area is 206 Å². The van der Waals surface area contributed by atoms with E-state index in [0.29, 0.717) is 0 Å². The van der Waals surface area contributed by atoms with E-state index in [1.165, 1.54) is 73.1 Å². The average molecular weight is 507 g/mol. The summed E-state index contributed by atoms with van der Waals surface area (Å²) in [6.45, 7) is 11.0. The van der Waals surface area contributed by atoms with Crippen LogP contribution in [0.1, 0.15) is 55.9 Å². The summed E-state index contributed by atoms with van der Waals surface area (Å²) >= 11 is 0. The van der Waals surface area contributed by atoms with E-state index in [4.69, 9.17) is 0 Å². The Bertz CT molecular complexity index is 737.